The Morgan fingerprint density at radius 3 is 2.84 bits per heavy atom. The standard InChI is InChI=1S/C23H27ClN4O4/c1-13-20(10-18-17-9-15(24)3-4-19(17)27-22(18)30)26-14(2)21(13)23(31)25-11-16(29)12-28-5-7-32-8-6-28/h3-4,9-10,16,26,29H,5-8,11-12H2,1-2H3,(H,25,31)(H,27,30)/t16-/m1/s1. The number of aromatic nitrogens is 1. The van der Waals surface area contributed by atoms with Gasteiger partial charge in [-0.05, 0) is 43.7 Å². The predicted molar refractivity (Wildman–Crippen MR) is 124 cm³/mol. The van der Waals surface area contributed by atoms with Crippen LogP contribution in [-0.4, -0.2) is 72.3 Å². The highest BCUT2D eigenvalue weighted by Gasteiger charge is 2.26. The van der Waals surface area contributed by atoms with Gasteiger partial charge in [-0.25, -0.2) is 0 Å². The zero-order valence-electron chi connectivity index (χ0n) is 18.1. The van der Waals surface area contributed by atoms with Crippen LogP contribution >= 0.6 is 11.6 Å². The number of anilines is 1. The number of carbonyl (C=O) groups is 2. The molecule has 32 heavy (non-hydrogen) atoms. The summed E-state index contributed by atoms with van der Waals surface area (Å²) in [5, 5.41) is 16.5. The monoisotopic (exact) mass is 458 g/mol. The van der Waals surface area contributed by atoms with Crippen LogP contribution in [0.5, 0.6) is 0 Å². The lowest BCUT2D eigenvalue weighted by molar-refractivity contribution is -0.110. The molecule has 2 aliphatic rings. The first kappa shape index (κ1) is 22.5. The van der Waals surface area contributed by atoms with Gasteiger partial charge in [-0.2, -0.15) is 0 Å². The van der Waals surface area contributed by atoms with Crippen molar-refractivity contribution < 1.29 is 19.4 Å². The molecule has 1 aromatic carbocycles. The Labute approximate surface area is 191 Å². The highest BCUT2D eigenvalue weighted by atomic mass is 35.5. The van der Waals surface area contributed by atoms with Crippen LogP contribution in [0.15, 0.2) is 18.2 Å². The van der Waals surface area contributed by atoms with Crippen molar-refractivity contribution in [3.8, 4) is 0 Å². The zero-order valence-corrected chi connectivity index (χ0v) is 18.9. The van der Waals surface area contributed by atoms with E-state index in [-0.39, 0.29) is 18.4 Å². The Hall–Kier alpha value is -2.65. The first-order valence-electron chi connectivity index (χ1n) is 10.6. The molecule has 0 saturated carbocycles. The van der Waals surface area contributed by atoms with E-state index in [9.17, 15) is 14.7 Å². The number of nitrogens with one attached hydrogen (secondary N) is 3. The molecule has 1 fully saturated rings. The molecular weight excluding hydrogens is 432 g/mol. The van der Waals surface area contributed by atoms with E-state index in [0.717, 1.165) is 24.2 Å². The van der Waals surface area contributed by atoms with Crippen LogP contribution in [0.2, 0.25) is 5.02 Å². The molecule has 2 amide bonds. The summed E-state index contributed by atoms with van der Waals surface area (Å²) in [6.45, 7) is 7.17. The Bertz CT molecular complexity index is 1070. The smallest absolute Gasteiger partial charge is 0.256 e. The molecule has 1 aromatic heterocycles. The number of halogens is 1. The fourth-order valence-corrected chi connectivity index (χ4v) is 4.32. The molecule has 3 heterocycles. The maximum Gasteiger partial charge on any atom is 0.256 e. The molecule has 0 bridgehead atoms. The molecule has 0 unspecified atom stereocenters. The van der Waals surface area contributed by atoms with Crippen LogP contribution in [0.1, 0.15) is 32.9 Å². The lowest BCUT2D eigenvalue weighted by atomic mass is 10.0. The molecule has 2 aliphatic heterocycles. The largest absolute Gasteiger partial charge is 0.390 e. The van der Waals surface area contributed by atoms with Gasteiger partial charge in [0.1, 0.15) is 0 Å². The van der Waals surface area contributed by atoms with Gasteiger partial charge >= 0.3 is 0 Å². The van der Waals surface area contributed by atoms with Crippen molar-refractivity contribution in [1.82, 2.24) is 15.2 Å². The van der Waals surface area contributed by atoms with Crippen molar-refractivity contribution in [3.63, 3.8) is 0 Å². The van der Waals surface area contributed by atoms with Gasteiger partial charge in [-0.1, -0.05) is 11.6 Å². The summed E-state index contributed by atoms with van der Waals surface area (Å²) in [5.74, 6) is -0.479. The number of ether oxygens (including phenoxy) is 1. The van der Waals surface area contributed by atoms with Crippen molar-refractivity contribution in [1.29, 1.82) is 0 Å². The van der Waals surface area contributed by atoms with Crippen molar-refractivity contribution in [2.45, 2.75) is 20.0 Å². The lowest BCUT2D eigenvalue weighted by Crippen LogP contribution is -2.44. The van der Waals surface area contributed by atoms with E-state index in [4.69, 9.17) is 16.3 Å². The first-order chi connectivity index (χ1) is 15.3. The number of morpholine rings is 1. The van der Waals surface area contributed by atoms with Crippen LogP contribution in [0.3, 0.4) is 0 Å². The van der Waals surface area contributed by atoms with Gasteiger partial charge in [0.15, 0.2) is 0 Å². The number of aromatic amines is 1. The molecule has 4 rings (SSSR count). The van der Waals surface area contributed by atoms with Gasteiger partial charge < -0.3 is 25.5 Å². The third-order valence-electron chi connectivity index (χ3n) is 5.83. The van der Waals surface area contributed by atoms with Gasteiger partial charge in [0.25, 0.3) is 11.8 Å². The number of β-amino-alcohol motifs (C(OH)–C–C–N with tert-alkyl or cyclic N) is 1. The second-order valence-corrected chi connectivity index (χ2v) is 8.58. The second kappa shape index (κ2) is 9.46. The van der Waals surface area contributed by atoms with E-state index < -0.39 is 6.10 Å². The maximum atomic E-state index is 12.8. The summed E-state index contributed by atoms with van der Waals surface area (Å²) in [4.78, 5) is 30.6. The minimum Gasteiger partial charge on any atom is -0.390 e. The number of carbonyl (C=O) groups excluding carboxylic acids is 2. The summed E-state index contributed by atoms with van der Waals surface area (Å²) in [5.41, 5.74) is 4.54. The Morgan fingerprint density at radius 1 is 1.34 bits per heavy atom. The summed E-state index contributed by atoms with van der Waals surface area (Å²) in [6.07, 6.45) is 1.07. The lowest BCUT2D eigenvalue weighted by Gasteiger charge is -2.28. The van der Waals surface area contributed by atoms with Crippen LogP contribution in [-0.2, 0) is 9.53 Å². The number of benzene rings is 1. The average molecular weight is 459 g/mol. The number of aryl methyl sites for hydroxylation is 1. The van der Waals surface area contributed by atoms with E-state index >= 15 is 0 Å². The van der Waals surface area contributed by atoms with Crippen LogP contribution < -0.4 is 10.6 Å². The minimum atomic E-state index is -0.665. The Balaban J connectivity index is 1.47. The number of fused-ring (bicyclic) bond motifs is 1. The molecule has 9 heteroatoms. The fraction of sp³-hybridized carbons (Fsp3) is 0.391. The highest BCUT2D eigenvalue weighted by Crippen LogP contribution is 2.35. The predicted octanol–water partition coefficient (Wildman–Crippen LogP) is 2.20. The summed E-state index contributed by atoms with van der Waals surface area (Å²) < 4.78 is 5.31. The van der Waals surface area contributed by atoms with Crippen molar-refractivity contribution in [2.75, 3.05) is 44.7 Å². The van der Waals surface area contributed by atoms with E-state index in [0.29, 0.717) is 53.0 Å². The normalized spacial score (nSPS) is 18.5. The highest BCUT2D eigenvalue weighted by molar-refractivity contribution is 6.36. The van der Waals surface area contributed by atoms with Crippen LogP contribution in [0, 0.1) is 13.8 Å². The van der Waals surface area contributed by atoms with Crippen molar-refractivity contribution in [3.05, 3.63) is 51.3 Å². The molecule has 0 spiro atoms. The van der Waals surface area contributed by atoms with E-state index in [1.807, 2.05) is 13.8 Å². The summed E-state index contributed by atoms with van der Waals surface area (Å²) in [6, 6.07) is 5.24. The zero-order chi connectivity index (χ0) is 22.8. The van der Waals surface area contributed by atoms with Crippen molar-refractivity contribution >= 4 is 40.8 Å². The SMILES string of the molecule is Cc1[nH]c(C=C2C(=O)Nc3ccc(Cl)cc32)c(C)c1C(=O)NC[C@@H](O)CN1CCOCC1. The summed E-state index contributed by atoms with van der Waals surface area (Å²) in [7, 11) is 0. The van der Waals surface area contributed by atoms with Gasteiger partial charge in [0.2, 0.25) is 0 Å². The topological polar surface area (TPSA) is 107 Å². The molecule has 8 nitrogen and oxygen atoms in total. The second-order valence-electron chi connectivity index (χ2n) is 8.14. The van der Waals surface area contributed by atoms with Gasteiger partial charge in [-0.3, -0.25) is 14.5 Å². The number of hydrogen-bond acceptors (Lipinski definition) is 5. The van der Waals surface area contributed by atoms with Gasteiger partial charge in [-0.15, -0.1) is 0 Å². The number of H-pyrrole nitrogens is 1. The molecule has 1 saturated heterocycles. The maximum absolute atomic E-state index is 12.8. The molecule has 0 aliphatic carbocycles. The number of amides is 2. The fourth-order valence-electron chi connectivity index (χ4n) is 4.15. The van der Waals surface area contributed by atoms with Gasteiger partial charge in [0, 0.05) is 53.8 Å². The first-order valence-corrected chi connectivity index (χ1v) is 11.0. The average Bonchev–Trinajstić information content (AvgIpc) is 3.22. The number of nitrogens with zero attached hydrogens (tertiary/aromatic N) is 1. The van der Waals surface area contributed by atoms with Gasteiger partial charge in [0.05, 0.1) is 30.5 Å². The Kier molecular flexibility index (Phi) is 6.66. The summed E-state index contributed by atoms with van der Waals surface area (Å²) >= 11 is 6.11. The third-order valence-corrected chi connectivity index (χ3v) is 6.06. The van der Waals surface area contributed by atoms with E-state index in [1.54, 1.807) is 24.3 Å². The molecule has 170 valence electrons. The molecule has 2 aromatic rings. The third kappa shape index (κ3) is 4.73. The molecule has 4 N–H and O–H groups in total. The van der Waals surface area contributed by atoms with E-state index in [1.165, 1.54) is 0 Å². The molecule has 0 radical (unpaired) electrons. The van der Waals surface area contributed by atoms with Crippen molar-refractivity contribution in [2.24, 2.45) is 0 Å². The van der Waals surface area contributed by atoms with Crippen LogP contribution in [0.25, 0.3) is 11.6 Å². The quantitative estimate of drug-likeness (QED) is 0.496. The minimum absolute atomic E-state index is 0.158. The number of aliphatic hydroxyl groups is 1. The van der Waals surface area contributed by atoms with Crippen LogP contribution in [0.4, 0.5) is 5.69 Å². The number of aliphatic hydroxyl groups excluding tert-OH is 1. The molecule has 1 atom stereocenters. The van der Waals surface area contributed by atoms with E-state index in [2.05, 4.69) is 20.5 Å². The number of hydrogen-bond donors (Lipinski definition) is 4. The Morgan fingerprint density at radius 2 is 2.09 bits per heavy atom. The molecular formula is C23H27ClN4O4. The number of rotatable bonds is 6.